The molecule has 10 nitrogen and oxygen atoms in total. The largest absolute Gasteiger partial charge is 0.465 e. The maximum absolute atomic E-state index is 14.4. The van der Waals surface area contributed by atoms with Gasteiger partial charge in [0.1, 0.15) is 18.4 Å². The van der Waals surface area contributed by atoms with Crippen molar-refractivity contribution in [3.05, 3.63) is 83.8 Å². The van der Waals surface area contributed by atoms with E-state index in [9.17, 15) is 42.0 Å². The highest BCUT2D eigenvalue weighted by molar-refractivity contribution is 6.32. The molecule has 3 aromatic rings. The van der Waals surface area contributed by atoms with E-state index in [0.29, 0.717) is 19.8 Å². The summed E-state index contributed by atoms with van der Waals surface area (Å²) in [7, 11) is 1.02. The third-order valence-corrected chi connectivity index (χ3v) is 5.17. The van der Waals surface area contributed by atoms with Crippen molar-refractivity contribution in [2.75, 3.05) is 6.61 Å². The van der Waals surface area contributed by atoms with Gasteiger partial charge in [-0.2, -0.15) is 18.4 Å². The van der Waals surface area contributed by atoms with Crippen LogP contribution in [-0.4, -0.2) is 26.3 Å². The summed E-state index contributed by atoms with van der Waals surface area (Å²) >= 11 is 5.78. The molecule has 1 aromatic heterocycles. The van der Waals surface area contributed by atoms with Gasteiger partial charge in [-0.1, -0.05) is 11.6 Å². The van der Waals surface area contributed by atoms with Crippen molar-refractivity contribution < 1.29 is 31.8 Å². The number of rotatable bonds is 6. The first-order valence-electron chi connectivity index (χ1n) is 10.2. The van der Waals surface area contributed by atoms with Gasteiger partial charge in [0.05, 0.1) is 28.4 Å². The van der Waals surface area contributed by atoms with E-state index in [1.807, 2.05) is 0 Å². The summed E-state index contributed by atoms with van der Waals surface area (Å²) in [4.78, 5) is 50.2. The molecule has 0 fully saturated rings. The predicted molar refractivity (Wildman–Crippen MR) is 119 cm³/mol. The van der Waals surface area contributed by atoms with Crippen LogP contribution in [-0.2, 0) is 29.3 Å². The van der Waals surface area contributed by atoms with Gasteiger partial charge in [0.2, 0.25) is 0 Å². The quantitative estimate of drug-likeness (QED) is 0.346. The lowest BCUT2D eigenvalue weighted by Crippen LogP contribution is -2.54. The van der Waals surface area contributed by atoms with Crippen LogP contribution >= 0.6 is 11.6 Å². The van der Waals surface area contributed by atoms with Crippen LogP contribution in [0, 0.1) is 17.1 Å². The normalized spacial score (nSPS) is 11.2. The molecule has 3 rings (SSSR count). The van der Waals surface area contributed by atoms with Crippen molar-refractivity contribution in [2.24, 2.45) is 7.05 Å². The Labute approximate surface area is 209 Å². The predicted octanol–water partition coefficient (Wildman–Crippen LogP) is 2.74. The van der Waals surface area contributed by atoms with Gasteiger partial charge in [-0.25, -0.2) is 32.5 Å². The van der Waals surface area contributed by atoms with Crippen molar-refractivity contribution >= 4 is 17.6 Å². The second kappa shape index (κ2) is 10.3. The number of hydrogen-bond acceptors (Lipinski definition) is 7. The number of benzene rings is 2. The van der Waals surface area contributed by atoms with E-state index >= 15 is 0 Å². The van der Waals surface area contributed by atoms with Crippen LogP contribution in [0.4, 0.5) is 17.6 Å². The zero-order valence-corrected chi connectivity index (χ0v) is 19.7. The molecule has 1 heterocycles. The van der Waals surface area contributed by atoms with Crippen LogP contribution in [0.2, 0.25) is 5.02 Å². The first-order valence-corrected chi connectivity index (χ1v) is 10.5. The molecule has 0 aliphatic carbocycles. The monoisotopic (exact) mass is 542 g/mol. The summed E-state index contributed by atoms with van der Waals surface area (Å²) < 4.78 is 64.4. The molecule has 0 saturated carbocycles. The molecule has 194 valence electrons. The highest BCUT2D eigenvalue weighted by Gasteiger charge is 2.33. The van der Waals surface area contributed by atoms with Crippen molar-refractivity contribution in [3.8, 4) is 23.3 Å². The molecule has 0 aliphatic rings. The lowest BCUT2D eigenvalue weighted by molar-refractivity contribution is -0.144. The number of carbonyl (C=O) groups excluding carboxylic acids is 1. The van der Waals surface area contributed by atoms with Crippen LogP contribution in [0.15, 0.2) is 44.7 Å². The average Bonchev–Trinajstić information content (AvgIpc) is 2.82. The molecule has 0 saturated heterocycles. The van der Waals surface area contributed by atoms with Gasteiger partial charge >= 0.3 is 29.2 Å². The molecule has 0 spiro atoms. The van der Waals surface area contributed by atoms with Gasteiger partial charge in [-0.3, -0.25) is 4.79 Å². The van der Waals surface area contributed by atoms with Gasteiger partial charge < -0.3 is 9.47 Å². The van der Waals surface area contributed by atoms with Gasteiger partial charge in [-0.05, 0) is 31.2 Å². The smallest absolute Gasteiger partial charge is 0.416 e. The molecule has 0 radical (unpaired) electrons. The minimum absolute atomic E-state index is 0.0471. The molecule has 37 heavy (non-hydrogen) atoms. The average molecular weight is 543 g/mol. The fourth-order valence-corrected chi connectivity index (χ4v) is 3.41. The first-order chi connectivity index (χ1) is 17.3. The number of nitrogens with zero attached hydrogens (tertiary/aromatic N) is 4. The summed E-state index contributed by atoms with van der Waals surface area (Å²) in [5, 5.41) is 8.77. The van der Waals surface area contributed by atoms with Crippen molar-refractivity contribution in [1.82, 2.24) is 13.7 Å². The molecule has 0 atom stereocenters. The zero-order valence-electron chi connectivity index (χ0n) is 18.9. The van der Waals surface area contributed by atoms with Gasteiger partial charge in [0.25, 0.3) is 0 Å². The Hall–Kier alpha value is -4.38. The minimum Gasteiger partial charge on any atom is -0.465 e. The molecule has 15 heteroatoms. The number of halogens is 5. The lowest BCUT2D eigenvalue weighted by atomic mass is 10.1. The van der Waals surface area contributed by atoms with E-state index in [1.54, 1.807) is 6.07 Å². The van der Waals surface area contributed by atoms with Gasteiger partial charge in [0, 0.05) is 13.1 Å². The van der Waals surface area contributed by atoms with E-state index in [1.165, 1.54) is 6.92 Å². The summed E-state index contributed by atoms with van der Waals surface area (Å²) in [5.74, 6) is -3.52. The Morgan fingerprint density at radius 1 is 1.11 bits per heavy atom. The Morgan fingerprint density at radius 3 is 2.35 bits per heavy atom. The maximum Gasteiger partial charge on any atom is 0.416 e. The summed E-state index contributed by atoms with van der Waals surface area (Å²) in [6.45, 7) is 0.606. The molecule has 0 N–H and O–H groups in total. The molecular formula is C22H15ClF4N4O6. The molecule has 0 bridgehead atoms. The molecule has 0 amide bonds. The van der Waals surface area contributed by atoms with Gasteiger partial charge in [0.15, 0.2) is 11.6 Å². The van der Waals surface area contributed by atoms with Crippen LogP contribution in [0.5, 0.6) is 11.5 Å². The number of carbonyl (C=O) groups is 1. The zero-order chi connectivity index (χ0) is 27.7. The number of ether oxygens (including phenoxy) is 2. The minimum atomic E-state index is -4.88. The molecule has 0 aliphatic heterocycles. The van der Waals surface area contributed by atoms with E-state index in [-0.39, 0.29) is 24.0 Å². The van der Waals surface area contributed by atoms with Crippen molar-refractivity contribution in [1.29, 1.82) is 5.26 Å². The Morgan fingerprint density at radius 2 is 1.78 bits per heavy atom. The maximum atomic E-state index is 14.4. The van der Waals surface area contributed by atoms with Crippen LogP contribution in [0.1, 0.15) is 18.1 Å². The second-order valence-corrected chi connectivity index (χ2v) is 7.70. The number of alkyl halides is 3. The highest BCUT2D eigenvalue weighted by Crippen LogP contribution is 2.39. The fourth-order valence-electron chi connectivity index (χ4n) is 3.17. The lowest BCUT2D eigenvalue weighted by Gasteiger charge is -2.15. The van der Waals surface area contributed by atoms with Gasteiger partial charge in [-0.15, -0.1) is 0 Å². The van der Waals surface area contributed by atoms with Crippen molar-refractivity contribution in [2.45, 2.75) is 19.6 Å². The number of aromatic nitrogens is 3. The topological polar surface area (TPSA) is 125 Å². The Bertz CT molecular complexity index is 1590. The Balaban J connectivity index is 2.19. The number of nitriles is 1. The highest BCUT2D eigenvalue weighted by atomic mass is 35.5. The summed E-state index contributed by atoms with van der Waals surface area (Å²) in [5.41, 5.74) is -5.68. The summed E-state index contributed by atoms with van der Waals surface area (Å²) in [6.07, 6.45) is -4.88. The van der Waals surface area contributed by atoms with Crippen LogP contribution in [0.25, 0.3) is 5.69 Å². The fraction of sp³-hybridized carbons (Fsp3) is 0.227. The molecule has 0 unspecified atom stereocenters. The third-order valence-electron chi connectivity index (χ3n) is 4.89. The molecule has 2 aromatic carbocycles. The molecular weight excluding hydrogens is 528 g/mol. The summed E-state index contributed by atoms with van der Waals surface area (Å²) in [6, 6.07) is 5.46. The van der Waals surface area contributed by atoms with E-state index in [4.69, 9.17) is 21.1 Å². The third kappa shape index (κ3) is 5.41. The van der Waals surface area contributed by atoms with Crippen LogP contribution in [0.3, 0.4) is 0 Å². The number of esters is 1. The van der Waals surface area contributed by atoms with E-state index in [2.05, 4.69) is 0 Å². The SMILES string of the molecule is CCOC(=O)Cn1c(=O)n(C)c(=O)n(-c2cc(Oc3c(F)cc(C(F)(F)F)cc3Cl)ccc2C#N)c1=O. The Kier molecular flexibility index (Phi) is 7.58. The first kappa shape index (κ1) is 27.2. The standard InChI is InChI=1S/C22H15ClF4N4O6/c1-3-36-17(32)10-30-19(33)29(2)20(34)31(21(30)35)16-8-13(5-4-11(16)9-28)37-18-14(23)6-12(7-15(18)24)22(25,26)27/h4-8H,3,10H2,1-2H3. The second-order valence-electron chi connectivity index (χ2n) is 7.29. The number of hydrogen-bond donors (Lipinski definition) is 0. The van der Waals surface area contributed by atoms with Crippen LogP contribution < -0.4 is 21.8 Å². The van der Waals surface area contributed by atoms with E-state index in [0.717, 1.165) is 25.2 Å². The van der Waals surface area contributed by atoms with Crippen molar-refractivity contribution in [3.63, 3.8) is 0 Å². The van der Waals surface area contributed by atoms with E-state index < -0.39 is 63.6 Å².